The maximum atomic E-state index is 13.9. The molecule has 0 aliphatic carbocycles. The van der Waals surface area contributed by atoms with Gasteiger partial charge in [0.1, 0.15) is 5.60 Å². The molecule has 0 unspecified atom stereocenters. The molecule has 134 valence electrons. The zero-order valence-corrected chi connectivity index (χ0v) is 12.9. The summed E-state index contributed by atoms with van der Waals surface area (Å²) in [4.78, 5) is 22.6. The number of halogens is 5. The van der Waals surface area contributed by atoms with Gasteiger partial charge in [-0.05, 0) is 32.4 Å². The van der Waals surface area contributed by atoms with Crippen molar-refractivity contribution in [3.8, 4) is 0 Å². The van der Waals surface area contributed by atoms with E-state index >= 15 is 0 Å². The largest absolute Gasteiger partial charge is 0.480 e. The highest BCUT2D eigenvalue weighted by Gasteiger charge is 2.35. The Morgan fingerprint density at radius 2 is 1.71 bits per heavy atom. The Balaban J connectivity index is 3.12. The molecule has 1 aromatic rings. The molecular formula is C14H14F5NO4. The van der Waals surface area contributed by atoms with Gasteiger partial charge in [0, 0.05) is 6.42 Å². The van der Waals surface area contributed by atoms with Gasteiger partial charge in [0.25, 0.3) is 0 Å². The number of hydrogen-bond donors (Lipinski definition) is 1. The minimum Gasteiger partial charge on any atom is -0.480 e. The van der Waals surface area contributed by atoms with Crippen LogP contribution >= 0.6 is 0 Å². The number of benzene rings is 1. The van der Waals surface area contributed by atoms with E-state index in [0.29, 0.717) is 0 Å². The molecule has 1 aromatic carbocycles. The van der Waals surface area contributed by atoms with Crippen LogP contribution in [0.5, 0.6) is 0 Å². The minimum absolute atomic E-state index is 0.187. The van der Waals surface area contributed by atoms with E-state index in [2.05, 4.69) is 4.74 Å². The lowest BCUT2D eigenvalue weighted by molar-refractivity contribution is -0.150. The average Bonchev–Trinajstić information content (AvgIpc) is 2.44. The van der Waals surface area contributed by atoms with Crippen LogP contribution in [0, 0.1) is 23.3 Å². The number of rotatable bonds is 4. The fourth-order valence-electron chi connectivity index (χ4n) is 1.68. The van der Waals surface area contributed by atoms with Crippen LogP contribution in [0.2, 0.25) is 0 Å². The molecule has 0 bridgehead atoms. The van der Waals surface area contributed by atoms with Gasteiger partial charge < -0.3 is 9.84 Å². The summed E-state index contributed by atoms with van der Waals surface area (Å²) in [5.74, 6) is -9.84. The van der Waals surface area contributed by atoms with Crippen LogP contribution in [-0.2, 0) is 16.0 Å². The maximum absolute atomic E-state index is 13.9. The summed E-state index contributed by atoms with van der Waals surface area (Å²) < 4.78 is 71.3. The van der Waals surface area contributed by atoms with Gasteiger partial charge in [0.2, 0.25) is 0 Å². The smallest absolute Gasteiger partial charge is 0.439 e. The molecule has 0 aliphatic heterocycles. The van der Waals surface area contributed by atoms with Crippen molar-refractivity contribution in [2.45, 2.75) is 38.8 Å². The third-order valence-corrected chi connectivity index (χ3v) is 2.72. The van der Waals surface area contributed by atoms with E-state index in [4.69, 9.17) is 5.11 Å². The number of aliphatic carboxylic acids is 1. The first-order chi connectivity index (χ1) is 10.8. The van der Waals surface area contributed by atoms with Crippen LogP contribution in [0.3, 0.4) is 0 Å². The Bertz CT molecular complexity index is 660. The van der Waals surface area contributed by atoms with E-state index in [1.54, 1.807) is 0 Å². The van der Waals surface area contributed by atoms with E-state index < -0.39 is 64.1 Å². The predicted molar refractivity (Wildman–Crippen MR) is 70.6 cm³/mol. The van der Waals surface area contributed by atoms with Crippen molar-refractivity contribution in [1.29, 1.82) is 0 Å². The highest BCUT2D eigenvalue weighted by Crippen LogP contribution is 2.22. The lowest BCUT2D eigenvalue weighted by atomic mass is 10.0. The van der Waals surface area contributed by atoms with Gasteiger partial charge in [-0.15, -0.1) is 5.12 Å². The molecule has 0 fully saturated rings. The molecule has 0 aromatic heterocycles. The first-order valence-electron chi connectivity index (χ1n) is 6.57. The predicted octanol–water partition coefficient (Wildman–Crippen LogP) is 3.36. The highest BCUT2D eigenvalue weighted by atomic mass is 19.2. The molecule has 10 heteroatoms. The van der Waals surface area contributed by atoms with Crippen LogP contribution in [0.15, 0.2) is 6.07 Å². The standard InChI is InChI=1S/C14H14F5NO4/c1-14(2,3)24-13(23)20(19)8(12(21)22)5-6-4-7(15)10(17)11(18)9(6)16/h4,8H,5H2,1-3H3,(H,21,22)/t8-/m1/s1. The second-order valence-electron chi connectivity index (χ2n) is 5.81. The van der Waals surface area contributed by atoms with Gasteiger partial charge in [-0.1, -0.05) is 4.48 Å². The van der Waals surface area contributed by atoms with E-state index in [9.17, 15) is 31.6 Å². The number of ether oxygens (including phenoxy) is 1. The van der Waals surface area contributed by atoms with Crippen molar-refractivity contribution < 1.29 is 41.5 Å². The molecule has 24 heavy (non-hydrogen) atoms. The van der Waals surface area contributed by atoms with Gasteiger partial charge in [-0.2, -0.15) is 0 Å². The molecule has 0 radical (unpaired) electrons. The van der Waals surface area contributed by atoms with Crippen molar-refractivity contribution >= 4 is 12.1 Å². The number of carboxylic acid groups (broad SMARTS) is 1. The highest BCUT2D eigenvalue weighted by molar-refractivity contribution is 5.79. The lowest BCUT2D eigenvalue weighted by Gasteiger charge is -2.25. The minimum atomic E-state index is -2.33. The van der Waals surface area contributed by atoms with Crippen LogP contribution < -0.4 is 0 Å². The summed E-state index contributed by atoms with van der Waals surface area (Å²) in [6, 6.07) is -2.15. The molecule has 1 N–H and O–H groups in total. The van der Waals surface area contributed by atoms with Gasteiger partial charge in [-0.25, -0.2) is 27.2 Å². The van der Waals surface area contributed by atoms with Crippen molar-refractivity contribution in [2.75, 3.05) is 0 Å². The van der Waals surface area contributed by atoms with E-state index in [0.717, 1.165) is 0 Å². The molecule has 5 nitrogen and oxygen atoms in total. The number of carboxylic acids is 1. The summed E-state index contributed by atoms with van der Waals surface area (Å²) in [7, 11) is 0. The summed E-state index contributed by atoms with van der Waals surface area (Å²) in [5, 5.41) is 8.12. The van der Waals surface area contributed by atoms with Gasteiger partial charge in [0.05, 0.1) is 0 Å². The zero-order valence-electron chi connectivity index (χ0n) is 12.9. The monoisotopic (exact) mass is 355 g/mol. The van der Waals surface area contributed by atoms with E-state index in [1.165, 1.54) is 20.8 Å². The normalized spacial score (nSPS) is 12.7. The van der Waals surface area contributed by atoms with Crippen molar-refractivity contribution in [1.82, 2.24) is 5.12 Å². The number of carbonyl (C=O) groups excluding carboxylic acids is 1. The summed E-state index contributed by atoms with van der Waals surface area (Å²) >= 11 is 0. The van der Waals surface area contributed by atoms with Crippen molar-refractivity contribution in [3.05, 3.63) is 34.9 Å². The number of nitrogens with zero attached hydrogens (tertiary/aromatic N) is 1. The molecule has 0 aliphatic rings. The Labute approximate surface area is 133 Å². The maximum Gasteiger partial charge on any atom is 0.439 e. The molecule has 0 saturated carbocycles. The second kappa shape index (κ2) is 7.02. The van der Waals surface area contributed by atoms with Crippen molar-refractivity contribution in [2.24, 2.45) is 0 Å². The molecule has 1 atom stereocenters. The van der Waals surface area contributed by atoms with Gasteiger partial charge in [0.15, 0.2) is 29.3 Å². The molecular weight excluding hydrogens is 341 g/mol. The molecule has 0 spiro atoms. The van der Waals surface area contributed by atoms with Gasteiger partial charge >= 0.3 is 12.1 Å². The van der Waals surface area contributed by atoms with Crippen molar-refractivity contribution in [3.63, 3.8) is 0 Å². The number of amides is 1. The first-order valence-corrected chi connectivity index (χ1v) is 6.57. The SMILES string of the molecule is CC(C)(C)OC(=O)N(F)[C@H](Cc1cc(F)c(F)c(F)c1F)C(=O)O. The van der Waals surface area contributed by atoms with Crippen LogP contribution in [0.25, 0.3) is 0 Å². The molecule has 1 amide bonds. The molecule has 0 heterocycles. The van der Waals surface area contributed by atoms with Gasteiger partial charge in [-0.3, -0.25) is 0 Å². The van der Waals surface area contributed by atoms with Crippen LogP contribution in [0.1, 0.15) is 26.3 Å². The molecule has 1 rings (SSSR count). The molecule has 0 saturated heterocycles. The third-order valence-electron chi connectivity index (χ3n) is 2.72. The number of hydrogen-bond acceptors (Lipinski definition) is 3. The Morgan fingerprint density at radius 3 is 2.17 bits per heavy atom. The summed E-state index contributed by atoms with van der Waals surface area (Å²) in [5.41, 5.74) is -2.10. The number of carbonyl (C=O) groups is 2. The third kappa shape index (κ3) is 4.56. The Kier molecular flexibility index (Phi) is 5.75. The summed E-state index contributed by atoms with van der Waals surface area (Å²) in [6.45, 7) is 4.16. The van der Waals surface area contributed by atoms with Crippen LogP contribution in [0.4, 0.5) is 26.8 Å². The first kappa shape index (κ1) is 19.7. The summed E-state index contributed by atoms with van der Waals surface area (Å²) in [6.07, 6.45) is -2.83. The van der Waals surface area contributed by atoms with Crippen LogP contribution in [-0.4, -0.2) is 33.9 Å². The van der Waals surface area contributed by atoms with E-state index in [1.807, 2.05) is 0 Å². The van der Waals surface area contributed by atoms with E-state index in [-0.39, 0.29) is 6.07 Å². The zero-order chi connectivity index (χ0) is 18.8. The fourth-order valence-corrected chi connectivity index (χ4v) is 1.68. The Morgan fingerprint density at radius 1 is 1.17 bits per heavy atom. The topological polar surface area (TPSA) is 66.8 Å². The average molecular weight is 355 g/mol. The quantitative estimate of drug-likeness (QED) is 0.389. The fraction of sp³-hybridized carbons (Fsp3) is 0.429. The Hall–Kier alpha value is -2.39. The lowest BCUT2D eigenvalue weighted by Crippen LogP contribution is -2.43. The second-order valence-corrected chi connectivity index (χ2v) is 5.81.